The Kier molecular flexibility index (Phi) is 5.07. The molecule has 0 aromatic heterocycles. The van der Waals surface area contributed by atoms with Crippen molar-refractivity contribution >= 4 is 19.7 Å². The van der Waals surface area contributed by atoms with E-state index in [9.17, 15) is 8.42 Å². The van der Waals surface area contributed by atoms with E-state index in [1.165, 1.54) is 0 Å². The summed E-state index contributed by atoms with van der Waals surface area (Å²) in [5.41, 5.74) is 0. The smallest absolute Gasteiger partial charge is 0.212 e. The molecule has 0 saturated heterocycles. The summed E-state index contributed by atoms with van der Waals surface area (Å²) in [5, 5.41) is 0. The molecular formula is C13H20O2S2. The Morgan fingerprint density at radius 1 is 1.18 bits per heavy atom. The summed E-state index contributed by atoms with van der Waals surface area (Å²) in [7, 11) is -2.14. The first-order valence-electron chi connectivity index (χ1n) is 5.94. The molecule has 0 fully saturated rings. The molecule has 2 nitrogen and oxygen atoms in total. The first-order valence-corrected chi connectivity index (χ1v) is 8.76. The van der Waals surface area contributed by atoms with Crippen LogP contribution in [-0.2, 0) is 8.87 Å². The van der Waals surface area contributed by atoms with Crippen LogP contribution >= 0.6 is 10.8 Å². The largest absolute Gasteiger partial charge is 0.230 e. The lowest BCUT2D eigenvalue weighted by Crippen LogP contribution is -2.21. The maximum absolute atomic E-state index is 12.2. The van der Waals surface area contributed by atoms with Crippen molar-refractivity contribution in [3.8, 4) is 0 Å². The Hall–Kier alpha value is -0.480. The van der Waals surface area contributed by atoms with Crippen LogP contribution in [0.15, 0.2) is 35.2 Å². The Labute approximate surface area is 108 Å². The Balaban J connectivity index is 2.94. The Morgan fingerprint density at radius 2 is 1.76 bits per heavy atom. The summed E-state index contributed by atoms with van der Waals surface area (Å²) < 4.78 is 24.3. The van der Waals surface area contributed by atoms with Gasteiger partial charge in [0.15, 0.2) is 0 Å². The highest BCUT2D eigenvalue weighted by Gasteiger charge is 2.30. The average molecular weight is 272 g/mol. The maximum atomic E-state index is 12.2. The number of hydrogen-bond acceptors (Lipinski definition) is 3. The van der Waals surface area contributed by atoms with E-state index >= 15 is 0 Å². The zero-order valence-electron chi connectivity index (χ0n) is 10.6. The van der Waals surface area contributed by atoms with Gasteiger partial charge in [-0.1, -0.05) is 38.5 Å². The van der Waals surface area contributed by atoms with Crippen LogP contribution in [0.1, 0.15) is 40.0 Å². The van der Waals surface area contributed by atoms with E-state index in [2.05, 4.69) is 6.92 Å². The second kappa shape index (κ2) is 5.91. The fourth-order valence-electron chi connectivity index (χ4n) is 1.71. The number of benzene rings is 1. The van der Waals surface area contributed by atoms with E-state index in [0.29, 0.717) is 4.90 Å². The van der Waals surface area contributed by atoms with Gasteiger partial charge in [0.2, 0.25) is 8.87 Å². The van der Waals surface area contributed by atoms with Crippen molar-refractivity contribution in [2.24, 2.45) is 0 Å². The molecule has 0 saturated carbocycles. The molecule has 0 N–H and O–H groups in total. The third kappa shape index (κ3) is 4.03. The highest BCUT2D eigenvalue weighted by Crippen LogP contribution is 2.40. The molecule has 1 unspecified atom stereocenters. The maximum Gasteiger partial charge on any atom is 0.230 e. The summed E-state index contributed by atoms with van der Waals surface area (Å²) in [6.45, 7) is 6.16. The molecule has 1 rings (SSSR count). The summed E-state index contributed by atoms with van der Waals surface area (Å²) in [6.07, 6.45) is 2.78. The minimum Gasteiger partial charge on any atom is -0.212 e. The van der Waals surface area contributed by atoms with E-state index in [1.807, 2.05) is 19.9 Å². The zero-order valence-corrected chi connectivity index (χ0v) is 12.3. The van der Waals surface area contributed by atoms with Crippen molar-refractivity contribution in [1.29, 1.82) is 0 Å². The molecule has 0 aliphatic carbocycles. The standard InChI is InChI=1S/C13H20O2S2/c1-4-11-13(3,5-2)16-17(14,15)12-9-7-6-8-10-12/h6-10H,4-5,11H2,1-3H3. The Bertz CT molecular complexity index is 440. The van der Waals surface area contributed by atoms with Gasteiger partial charge in [-0.3, -0.25) is 0 Å². The van der Waals surface area contributed by atoms with E-state index < -0.39 is 8.87 Å². The van der Waals surface area contributed by atoms with Gasteiger partial charge < -0.3 is 0 Å². The molecule has 0 bridgehead atoms. The van der Waals surface area contributed by atoms with Crippen LogP contribution in [0.5, 0.6) is 0 Å². The summed E-state index contributed by atoms with van der Waals surface area (Å²) in [4.78, 5) is 0.403. The topological polar surface area (TPSA) is 34.1 Å². The molecule has 0 amide bonds. The summed E-state index contributed by atoms with van der Waals surface area (Å²) in [5.74, 6) is 0. The SMILES string of the molecule is CCCC(C)(CC)SS(=O)(=O)c1ccccc1. The van der Waals surface area contributed by atoms with Crippen molar-refractivity contribution in [3.05, 3.63) is 30.3 Å². The molecule has 1 aromatic rings. The van der Waals surface area contributed by atoms with Crippen LogP contribution in [0.2, 0.25) is 0 Å². The molecule has 0 radical (unpaired) electrons. The molecule has 96 valence electrons. The molecule has 0 aliphatic heterocycles. The molecular weight excluding hydrogens is 252 g/mol. The van der Waals surface area contributed by atoms with Crippen LogP contribution in [0.25, 0.3) is 0 Å². The van der Waals surface area contributed by atoms with Crippen LogP contribution < -0.4 is 0 Å². The first kappa shape index (κ1) is 14.6. The third-order valence-electron chi connectivity index (χ3n) is 2.87. The second-order valence-corrected chi connectivity index (χ2v) is 8.75. The molecule has 0 spiro atoms. The van der Waals surface area contributed by atoms with E-state index in [0.717, 1.165) is 30.1 Å². The fraction of sp³-hybridized carbons (Fsp3) is 0.538. The van der Waals surface area contributed by atoms with E-state index in [-0.39, 0.29) is 4.75 Å². The summed E-state index contributed by atoms with van der Waals surface area (Å²) in [6, 6.07) is 8.66. The molecule has 4 heteroatoms. The average Bonchev–Trinajstić information content (AvgIpc) is 2.30. The first-order chi connectivity index (χ1) is 7.93. The predicted molar refractivity (Wildman–Crippen MR) is 74.8 cm³/mol. The predicted octanol–water partition coefficient (Wildman–Crippen LogP) is 4.08. The van der Waals surface area contributed by atoms with Gasteiger partial charge in [0.1, 0.15) is 0 Å². The van der Waals surface area contributed by atoms with Gasteiger partial charge in [-0.2, -0.15) is 0 Å². The van der Waals surface area contributed by atoms with E-state index in [4.69, 9.17) is 0 Å². The number of rotatable bonds is 6. The van der Waals surface area contributed by atoms with Crippen LogP contribution in [0.4, 0.5) is 0 Å². The molecule has 17 heavy (non-hydrogen) atoms. The fourth-order valence-corrected chi connectivity index (χ4v) is 6.04. The van der Waals surface area contributed by atoms with Gasteiger partial charge >= 0.3 is 0 Å². The lowest BCUT2D eigenvalue weighted by Gasteiger charge is -2.26. The van der Waals surface area contributed by atoms with Crippen LogP contribution in [-0.4, -0.2) is 13.2 Å². The van der Waals surface area contributed by atoms with Crippen LogP contribution in [0, 0.1) is 0 Å². The second-order valence-electron chi connectivity index (χ2n) is 4.40. The van der Waals surface area contributed by atoms with Crippen molar-refractivity contribution in [2.45, 2.75) is 49.7 Å². The van der Waals surface area contributed by atoms with Crippen LogP contribution in [0.3, 0.4) is 0 Å². The van der Waals surface area contributed by atoms with Gasteiger partial charge in [-0.25, -0.2) is 8.42 Å². The van der Waals surface area contributed by atoms with Crippen molar-refractivity contribution in [1.82, 2.24) is 0 Å². The van der Waals surface area contributed by atoms with Gasteiger partial charge in [0.05, 0.1) is 4.90 Å². The Morgan fingerprint density at radius 3 is 2.24 bits per heavy atom. The van der Waals surface area contributed by atoms with Gasteiger partial charge in [0, 0.05) is 4.75 Å². The van der Waals surface area contributed by atoms with Gasteiger partial charge in [-0.15, -0.1) is 0 Å². The normalized spacial score (nSPS) is 15.5. The van der Waals surface area contributed by atoms with Gasteiger partial charge in [0.25, 0.3) is 0 Å². The van der Waals surface area contributed by atoms with Crippen molar-refractivity contribution in [3.63, 3.8) is 0 Å². The van der Waals surface area contributed by atoms with Crippen molar-refractivity contribution < 1.29 is 8.42 Å². The van der Waals surface area contributed by atoms with Gasteiger partial charge in [-0.05, 0) is 42.7 Å². The molecule has 0 aliphatic rings. The highest BCUT2D eigenvalue weighted by molar-refractivity contribution is 8.72. The molecule has 0 heterocycles. The lowest BCUT2D eigenvalue weighted by molar-refractivity contribution is 0.560. The zero-order chi connectivity index (χ0) is 12.9. The molecule has 1 aromatic carbocycles. The minimum absolute atomic E-state index is 0.191. The quantitative estimate of drug-likeness (QED) is 0.732. The lowest BCUT2D eigenvalue weighted by atomic mass is 10.0. The third-order valence-corrected chi connectivity index (χ3v) is 7.28. The monoisotopic (exact) mass is 272 g/mol. The van der Waals surface area contributed by atoms with Crippen molar-refractivity contribution in [2.75, 3.05) is 0 Å². The highest BCUT2D eigenvalue weighted by atomic mass is 33.1. The summed E-state index contributed by atoms with van der Waals surface area (Å²) >= 11 is 0. The molecule has 1 atom stereocenters. The number of hydrogen-bond donors (Lipinski definition) is 0. The minimum atomic E-state index is -3.24. The van der Waals surface area contributed by atoms with E-state index in [1.54, 1.807) is 24.3 Å².